The summed E-state index contributed by atoms with van der Waals surface area (Å²) in [4.78, 5) is 27.4. The van der Waals surface area contributed by atoms with Gasteiger partial charge in [-0.15, -0.1) is 0 Å². The number of benzene rings is 1. The molecule has 0 radical (unpaired) electrons. The molecule has 0 aliphatic heterocycles. The van der Waals surface area contributed by atoms with Gasteiger partial charge in [-0.1, -0.05) is 198 Å². The van der Waals surface area contributed by atoms with Gasteiger partial charge >= 0.3 is 6.09 Å². The molecule has 50 heavy (non-hydrogen) atoms. The van der Waals surface area contributed by atoms with Crippen LogP contribution in [0.2, 0.25) is 0 Å². The Kier molecular flexibility index (Phi) is 33.4. The van der Waals surface area contributed by atoms with E-state index in [1.807, 2.05) is 30.3 Å². The first-order valence-corrected chi connectivity index (χ1v) is 21.5. The van der Waals surface area contributed by atoms with Crippen LogP contribution in [0, 0.1) is 0 Å². The zero-order valence-electron chi connectivity index (χ0n) is 33.0. The van der Waals surface area contributed by atoms with Crippen LogP contribution in [0.4, 0.5) is 4.79 Å². The molecule has 0 aliphatic rings. The van der Waals surface area contributed by atoms with Crippen molar-refractivity contribution in [3.8, 4) is 0 Å². The van der Waals surface area contributed by atoms with E-state index < -0.39 is 6.09 Å². The number of ether oxygens (including phenoxy) is 1. The number of alkyl carbamates (subject to hydrolysis) is 1. The number of carbonyl (C=O) groups excluding carboxylic acids is 2. The quantitative estimate of drug-likeness (QED) is 0.0561. The number of allylic oxidation sites excluding steroid dienone is 2. The minimum Gasteiger partial charge on any atom is -0.445 e. The molecule has 0 atom stereocenters. The highest BCUT2D eigenvalue weighted by molar-refractivity contribution is 5.77. The molecule has 2 amide bonds. The third-order valence-corrected chi connectivity index (χ3v) is 9.90. The Balaban J connectivity index is 2.22. The summed E-state index contributed by atoms with van der Waals surface area (Å²) in [7, 11) is 0. The lowest BCUT2D eigenvalue weighted by Crippen LogP contribution is -2.36. The fraction of sp³-hybridized carbons (Fsp3) is 0.778. The Hall–Kier alpha value is -2.30. The lowest BCUT2D eigenvalue weighted by molar-refractivity contribution is -0.131. The number of rotatable bonds is 36. The molecular formula is C45H80N2O3. The number of nitrogens with one attached hydrogen (secondary N) is 1. The summed E-state index contributed by atoms with van der Waals surface area (Å²) >= 11 is 0. The van der Waals surface area contributed by atoms with Crippen LogP contribution in [0.1, 0.15) is 206 Å². The third kappa shape index (κ3) is 30.5. The van der Waals surface area contributed by atoms with Crippen LogP contribution in [0.15, 0.2) is 42.5 Å². The summed E-state index contributed by atoms with van der Waals surface area (Å²) in [6.07, 6.45) is 41.5. The van der Waals surface area contributed by atoms with Crippen LogP contribution >= 0.6 is 0 Å². The molecule has 0 bridgehead atoms. The summed E-state index contributed by atoms with van der Waals surface area (Å²) in [5.74, 6) is 0.149. The number of amides is 2. The summed E-state index contributed by atoms with van der Waals surface area (Å²) in [6, 6.07) is 9.67. The fourth-order valence-corrected chi connectivity index (χ4v) is 6.61. The van der Waals surface area contributed by atoms with Gasteiger partial charge in [-0.2, -0.15) is 0 Å². The molecule has 288 valence electrons. The molecule has 1 aromatic carbocycles. The van der Waals surface area contributed by atoms with Gasteiger partial charge < -0.3 is 15.0 Å². The van der Waals surface area contributed by atoms with Gasteiger partial charge in [-0.05, 0) is 44.1 Å². The van der Waals surface area contributed by atoms with Crippen molar-refractivity contribution in [3.05, 3.63) is 48.0 Å². The van der Waals surface area contributed by atoms with E-state index in [1.165, 1.54) is 167 Å². The van der Waals surface area contributed by atoms with E-state index in [0.29, 0.717) is 13.0 Å². The lowest BCUT2D eigenvalue weighted by atomic mass is 10.0. The average molecular weight is 697 g/mol. The molecule has 0 aromatic heterocycles. The summed E-state index contributed by atoms with van der Waals surface area (Å²) in [6.45, 7) is 6.78. The minimum absolute atomic E-state index is 0.149. The Morgan fingerprint density at radius 1 is 0.560 bits per heavy atom. The molecule has 1 rings (SSSR count). The van der Waals surface area contributed by atoms with Gasteiger partial charge in [0.15, 0.2) is 0 Å². The molecule has 1 aromatic rings. The van der Waals surface area contributed by atoms with Gasteiger partial charge in [0.2, 0.25) is 5.91 Å². The second kappa shape index (κ2) is 36.5. The zero-order valence-corrected chi connectivity index (χ0v) is 33.0. The monoisotopic (exact) mass is 697 g/mol. The maximum Gasteiger partial charge on any atom is 0.407 e. The van der Waals surface area contributed by atoms with Crippen LogP contribution in [0.3, 0.4) is 0 Å². The Labute approximate surface area is 310 Å². The van der Waals surface area contributed by atoms with Crippen molar-refractivity contribution >= 4 is 12.0 Å². The molecule has 0 aliphatic carbocycles. The smallest absolute Gasteiger partial charge is 0.407 e. The van der Waals surface area contributed by atoms with Crippen molar-refractivity contribution in [2.24, 2.45) is 0 Å². The Morgan fingerprint density at radius 2 is 0.960 bits per heavy atom. The van der Waals surface area contributed by atoms with Crippen molar-refractivity contribution in [3.63, 3.8) is 0 Å². The highest BCUT2D eigenvalue weighted by Crippen LogP contribution is 2.15. The predicted octanol–water partition coefficient (Wildman–Crippen LogP) is 13.7. The van der Waals surface area contributed by atoms with Crippen LogP contribution in [0.25, 0.3) is 0 Å². The predicted molar refractivity (Wildman–Crippen MR) is 216 cm³/mol. The van der Waals surface area contributed by atoms with E-state index in [0.717, 1.165) is 31.5 Å². The van der Waals surface area contributed by atoms with Crippen molar-refractivity contribution < 1.29 is 14.3 Å². The SMILES string of the molecule is CCCCCCCC/C=C\CCCCCCCCN(CCCCCCCCCCCCCCCC)C(=O)CCNC(=O)OCc1ccccc1. The number of carbonyl (C=O) groups is 2. The lowest BCUT2D eigenvalue weighted by Gasteiger charge is -2.23. The third-order valence-electron chi connectivity index (χ3n) is 9.90. The molecular weight excluding hydrogens is 617 g/mol. The molecule has 0 spiro atoms. The minimum atomic E-state index is -0.464. The molecule has 1 N–H and O–H groups in total. The first-order valence-electron chi connectivity index (χ1n) is 21.5. The summed E-state index contributed by atoms with van der Waals surface area (Å²) in [5.41, 5.74) is 0.953. The molecule has 0 heterocycles. The van der Waals surface area contributed by atoms with E-state index in [-0.39, 0.29) is 12.5 Å². The van der Waals surface area contributed by atoms with Gasteiger partial charge in [0.05, 0.1) is 0 Å². The van der Waals surface area contributed by atoms with Crippen LogP contribution < -0.4 is 5.32 Å². The highest BCUT2D eigenvalue weighted by Gasteiger charge is 2.14. The maximum atomic E-state index is 13.2. The second-order valence-electron chi connectivity index (χ2n) is 14.7. The maximum absolute atomic E-state index is 13.2. The van der Waals surface area contributed by atoms with Gasteiger partial charge in [-0.25, -0.2) is 4.79 Å². The Morgan fingerprint density at radius 3 is 1.40 bits per heavy atom. The van der Waals surface area contributed by atoms with E-state index in [9.17, 15) is 9.59 Å². The highest BCUT2D eigenvalue weighted by atomic mass is 16.5. The molecule has 5 nitrogen and oxygen atoms in total. The molecule has 0 saturated heterocycles. The van der Waals surface area contributed by atoms with Crippen LogP contribution in [-0.4, -0.2) is 36.5 Å². The Bertz CT molecular complexity index is 903. The molecule has 0 fully saturated rings. The number of unbranched alkanes of at least 4 members (excludes halogenated alkanes) is 25. The zero-order chi connectivity index (χ0) is 36.0. The largest absolute Gasteiger partial charge is 0.445 e. The van der Waals surface area contributed by atoms with E-state index in [4.69, 9.17) is 4.74 Å². The average Bonchev–Trinajstić information content (AvgIpc) is 3.13. The number of hydrogen-bond acceptors (Lipinski definition) is 3. The van der Waals surface area contributed by atoms with Crippen LogP contribution in [0.5, 0.6) is 0 Å². The van der Waals surface area contributed by atoms with Gasteiger partial charge in [0, 0.05) is 26.1 Å². The molecule has 5 heteroatoms. The summed E-state index contributed by atoms with van der Waals surface area (Å²) < 4.78 is 5.31. The number of nitrogens with zero attached hydrogens (tertiary/aromatic N) is 1. The van der Waals surface area contributed by atoms with E-state index in [1.54, 1.807) is 0 Å². The molecule has 0 saturated carbocycles. The van der Waals surface area contributed by atoms with Crippen molar-refractivity contribution in [2.45, 2.75) is 207 Å². The fourth-order valence-electron chi connectivity index (χ4n) is 6.61. The van der Waals surface area contributed by atoms with Crippen LogP contribution in [-0.2, 0) is 16.1 Å². The first-order chi connectivity index (χ1) is 24.7. The van der Waals surface area contributed by atoms with Gasteiger partial charge in [0.25, 0.3) is 0 Å². The van der Waals surface area contributed by atoms with Gasteiger partial charge in [0.1, 0.15) is 6.61 Å². The topological polar surface area (TPSA) is 58.6 Å². The second-order valence-corrected chi connectivity index (χ2v) is 14.7. The van der Waals surface area contributed by atoms with Gasteiger partial charge in [-0.3, -0.25) is 4.79 Å². The normalized spacial score (nSPS) is 11.3. The number of hydrogen-bond donors (Lipinski definition) is 1. The van der Waals surface area contributed by atoms with Crippen molar-refractivity contribution in [1.82, 2.24) is 10.2 Å². The molecule has 0 unspecified atom stereocenters. The standard InChI is InChI=1S/C45H80N2O3/c1-3-5-7-9-11-13-15-17-19-20-22-24-26-28-30-35-41-47(40-34-29-27-25-23-21-18-16-14-12-10-8-6-4-2)44(48)38-39-46-45(49)50-42-43-36-32-31-33-37-43/h17,19,31-33,36-37H,3-16,18,20-30,34-35,38-42H2,1-2H3,(H,46,49)/b19-17-. The first kappa shape index (κ1) is 45.7. The van der Waals surface area contributed by atoms with E-state index in [2.05, 4.69) is 36.2 Å². The summed E-state index contributed by atoms with van der Waals surface area (Å²) in [5, 5.41) is 2.77. The van der Waals surface area contributed by atoms with Crippen molar-refractivity contribution in [1.29, 1.82) is 0 Å². The van der Waals surface area contributed by atoms with Crippen molar-refractivity contribution in [2.75, 3.05) is 19.6 Å². The van der Waals surface area contributed by atoms with E-state index >= 15 is 0 Å².